The van der Waals surface area contributed by atoms with Crippen LogP contribution in [0.25, 0.3) is 16.9 Å². The summed E-state index contributed by atoms with van der Waals surface area (Å²) in [6.07, 6.45) is 1.58. The molecule has 2 aromatic carbocycles. The van der Waals surface area contributed by atoms with E-state index < -0.39 is 11.6 Å². The minimum Gasteiger partial charge on any atom is -0.396 e. The molecular weight excluding hydrogens is 260 g/mol. The number of para-hydroxylation sites is 1. The van der Waals surface area contributed by atoms with Crippen molar-refractivity contribution in [2.75, 3.05) is 5.73 Å². The quantitative estimate of drug-likeness (QED) is 0.776. The van der Waals surface area contributed by atoms with Crippen molar-refractivity contribution in [2.24, 2.45) is 0 Å². The van der Waals surface area contributed by atoms with Crippen molar-refractivity contribution in [2.45, 2.75) is 0 Å². The van der Waals surface area contributed by atoms with Crippen molar-refractivity contribution >= 4 is 5.69 Å². The lowest BCUT2D eigenvalue weighted by molar-refractivity contribution is 0.602. The van der Waals surface area contributed by atoms with E-state index in [1.807, 2.05) is 30.3 Å². The molecule has 3 nitrogen and oxygen atoms in total. The van der Waals surface area contributed by atoms with Crippen LogP contribution in [0.4, 0.5) is 14.5 Å². The molecule has 0 radical (unpaired) electrons. The van der Waals surface area contributed by atoms with E-state index in [4.69, 9.17) is 5.73 Å². The molecule has 0 atom stereocenters. The Kier molecular flexibility index (Phi) is 2.95. The van der Waals surface area contributed by atoms with Gasteiger partial charge in [-0.05, 0) is 30.3 Å². The first-order chi connectivity index (χ1) is 9.65. The first-order valence-electron chi connectivity index (χ1n) is 6.01. The smallest absolute Gasteiger partial charge is 0.132 e. The minimum atomic E-state index is -0.559. The zero-order valence-electron chi connectivity index (χ0n) is 10.4. The third-order valence-electron chi connectivity index (χ3n) is 2.95. The van der Waals surface area contributed by atoms with Gasteiger partial charge in [0.1, 0.15) is 17.3 Å². The van der Waals surface area contributed by atoms with E-state index >= 15 is 0 Å². The molecule has 0 saturated carbocycles. The highest BCUT2D eigenvalue weighted by Gasteiger charge is 2.14. The number of rotatable bonds is 2. The summed E-state index contributed by atoms with van der Waals surface area (Å²) in [4.78, 5) is 0. The second-order valence-electron chi connectivity index (χ2n) is 4.34. The number of hydrogen-bond donors (Lipinski definition) is 1. The van der Waals surface area contributed by atoms with E-state index in [9.17, 15) is 8.78 Å². The van der Waals surface area contributed by atoms with Gasteiger partial charge in [0.15, 0.2) is 0 Å². The fraction of sp³-hybridized carbons (Fsp3) is 0. The fourth-order valence-corrected chi connectivity index (χ4v) is 1.99. The molecule has 0 unspecified atom stereocenters. The third kappa shape index (κ3) is 2.14. The highest BCUT2D eigenvalue weighted by atomic mass is 19.1. The molecular formula is C15H11F2N3. The molecule has 0 aliphatic carbocycles. The number of halogens is 2. The second kappa shape index (κ2) is 4.77. The Hall–Kier alpha value is -2.69. The van der Waals surface area contributed by atoms with Crippen LogP contribution in [0.3, 0.4) is 0 Å². The Labute approximate surface area is 114 Å². The van der Waals surface area contributed by atoms with Gasteiger partial charge in [0.05, 0.1) is 17.6 Å². The molecule has 0 amide bonds. The van der Waals surface area contributed by atoms with Gasteiger partial charge < -0.3 is 5.73 Å². The molecule has 3 rings (SSSR count). The molecule has 0 spiro atoms. The fourth-order valence-electron chi connectivity index (χ4n) is 1.99. The molecule has 0 aliphatic rings. The van der Waals surface area contributed by atoms with Crippen LogP contribution in [0.2, 0.25) is 0 Å². The Bertz CT molecular complexity index is 751. The van der Waals surface area contributed by atoms with Crippen LogP contribution >= 0.6 is 0 Å². The molecule has 3 aromatic rings. The Morgan fingerprint density at radius 2 is 1.75 bits per heavy atom. The lowest BCUT2D eigenvalue weighted by atomic mass is 10.1. The van der Waals surface area contributed by atoms with Crippen LogP contribution in [0.1, 0.15) is 0 Å². The summed E-state index contributed by atoms with van der Waals surface area (Å²) in [6.45, 7) is 0. The number of nitrogens with two attached hydrogens (primary N) is 1. The van der Waals surface area contributed by atoms with Crippen molar-refractivity contribution in [1.29, 1.82) is 0 Å². The highest BCUT2D eigenvalue weighted by molar-refractivity contribution is 5.73. The molecule has 1 heterocycles. The van der Waals surface area contributed by atoms with E-state index in [0.29, 0.717) is 5.69 Å². The molecule has 20 heavy (non-hydrogen) atoms. The van der Waals surface area contributed by atoms with Crippen LogP contribution < -0.4 is 5.73 Å². The number of hydrogen-bond acceptors (Lipinski definition) is 2. The zero-order valence-corrected chi connectivity index (χ0v) is 10.4. The van der Waals surface area contributed by atoms with Gasteiger partial charge in [0.25, 0.3) is 0 Å². The van der Waals surface area contributed by atoms with Crippen LogP contribution in [-0.2, 0) is 0 Å². The van der Waals surface area contributed by atoms with Gasteiger partial charge >= 0.3 is 0 Å². The van der Waals surface area contributed by atoms with Crippen LogP contribution in [0.15, 0.2) is 54.7 Å². The molecule has 0 bridgehead atoms. The Morgan fingerprint density at radius 1 is 1.00 bits per heavy atom. The van der Waals surface area contributed by atoms with Gasteiger partial charge in [0, 0.05) is 5.56 Å². The van der Waals surface area contributed by atoms with Gasteiger partial charge in [-0.15, -0.1) is 0 Å². The molecule has 0 fully saturated rings. The van der Waals surface area contributed by atoms with E-state index in [1.165, 1.54) is 4.68 Å². The predicted molar refractivity (Wildman–Crippen MR) is 73.3 cm³/mol. The number of nitrogen functional groups attached to an aromatic ring is 1. The average Bonchev–Trinajstić information content (AvgIpc) is 2.84. The normalized spacial score (nSPS) is 10.7. The summed E-state index contributed by atoms with van der Waals surface area (Å²) in [5.74, 6) is -1.09. The molecule has 1 aromatic heterocycles. The first-order valence-corrected chi connectivity index (χ1v) is 6.01. The molecule has 0 saturated heterocycles. The maximum atomic E-state index is 13.8. The van der Waals surface area contributed by atoms with Crippen molar-refractivity contribution < 1.29 is 8.78 Å². The lowest BCUT2D eigenvalue weighted by Gasteiger charge is -2.01. The van der Waals surface area contributed by atoms with Crippen molar-refractivity contribution in [3.63, 3.8) is 0 Å². The summed E-state index contributed by atoms with van der Waals surface area (Å²) in [5, 5.41) is 4.24. The third-order valence-corrected chi connectivity index (χ3v) is 2.95. The lowest BCUT2D eigenvalue weighted by Crippen LogP contribution is -1.95. The SMILES string of the molecule is Nc1cn(-c2ccccc2)nc1-c1cc(F)ccc1F. The van der Waals surface area contributed by atoms with Gasteiger partial charge in [-0.25, -0.2) is 13.5 Å². The maximum absolute atomic E-state index is 13.8. The van der Waals surface area contributed by atoms with Crippen molar-refractivity contribution in [3.8, 4) is 16.9 Å². The summed E-state index contributed by atoms with van der Waals surface area (Å²) in [6, 6.07) is 12.5. The minimum absolute atomic E-state index is 0.0529. The van der Waals surface area contributed by atoms with Crippen LogP contribution in [0, 0.1) is 11.6 Å². The summed E-state index contributed by atoms with van der Waals surface area (Å²) in [7, 11) is 0. The van der Waals surface area contributed by atoms with Crippen molar-refractivity contribution in [1.82, 2.24) is 9.78 Å². The Morgan fingerprint density at radius 3 is 2.50 bits per heavy atom. The van der Waals surface area contributed by atoms with Gasteiger partial charge in [-0.3, -0.25) is 0 Å². The summed E-state index contributed by atoms with van der Waals surface area (Å²) in [5.41, 5.74) is 7.22. The van der Waals surface area contributed by atoms with Crippen molar-refractivity contribution in [3.05, 3.63) is 66.4 Å². The summed E-state index contributed by atoms with van der Waals surface area (Å²) < 4.78 is 28.6. The zero-order chi connectivity index (χ0) is 14.1. The van der Waals surface area contributed by atoms with E-state index in [2.05, 4.69) is 5.10 Å². The van der Waals surface area contributed by atoms with E-state index in [1.54, 1.807) is 6.20 Å². The first kappa shape index (κ1) is 12.3. The second-order valence-corrected chi connectivity index (χ2v) is 4.34. The molecule has 0 aliphatic heterocycles. The largest absolute Gasteiger partial charge is 0.396 e. The van der Waals surface area contributed by atoms with Crippen LogP contribution in [-0.4, -0.2) is 9.78 Å². The standard InChI is InChI=1S/C15H11F2N3/c16-10-6-7-13(17)12(8-10)15-14(18)9-20(19-15)11-4-2-1-3-5-11/h1-9H,18H2. The Balaban J connectivity index is 2.12. The maximum Gasteiger partial charge on any atom is 0.132 e. The molecule has 2 N–H and O–H groups in total. The van der Waals surface area contributed by atoms with Gasteiger partial charge in [-0.1, -0.05) is 18.2 Å². The van der Waals surface area contributed by atoms with Gasteiger partial charge in [-0.2, -0.15) is 5.10 Å². The highest BCUT2D eigenvalue weighted by Crippen LogP contribution is 2.28. The number of anilines is 1. The molecule has 100 valence electrons. The monoisotopic (exact) mass is 271 g/mol. The number of aromatic nitrogens is 2. The number of nitrogens with zero attached hydrogens (tertiary/aromatic N) is 2. The summed E-state index contributed by atoms with van der Waals surface area (Å²) >= 11 is 0. The molecule has 5 heteroatoms. The average molecular weight is 271 g/mol. The van der Waals surface area contributed by atoms with Gasteiger partial charge in [0.2, 0.25) is 0 Å². The predicted octanol–water partition coefficient (Wildman–Crippen LogP) is 3.40. The van der Waals surface area contributed by atoms with E-state index in [-0.39, 0.29) is 11.3 Å². The van der Waals surface area contributed by atoms with Crippen LogP contribution in [0.5, 0.6) is 0 Å². The number of benzene rings is 2. The van der Waals surface area contributed by atoms with E-state index in [0.717, 1.165) is 23.9 Å². The topological polar surface area (TPSA) is 43.8 Å².